The van der Waals surface area contributed by atoms with Crippen LogP contribution >= 0.6 is 0 Å². The first kappa shape index (κ1) is 19.5. The lowest BCUT2D eigenvalue weighted by Gasteiger charge is -2.33. The predicted octanol–water partition coefficient (Wildman–Crippen LogP) is 1.09. The molecule has 1 N–H and O–H groups in total. The van der Waals surface area contributed by atoms with Crippen molar-refractivity contribution in [3.05, 3.63) is 65.5 Å². The van der Waals surface area contributed by atoms with Crippen LogP contribution in [0.1, 0.15) is 21.5 Å². The molecule has 3 rings (SSSR count). The Bertz CT molecular complexity index is 862. The summed E-state index contributed by atoms with van der Waals surface area (Å²) < 4.78 is 24.6. The predicted molar refractivity (Wildman–Crippen MR) is 104 cm³/mol. The summed E-state index contributed by atoms with van der Waals surface area (Å²) in [5, 5.41) is 2.90. The van der Waals surface area contributed by atoms with Crippen LogP contribution in [0, 0.1) is 0 Å². The number of sulfonamides is 1. The zero-order valence-electron chi connectivity index (χ0n) is 15.3. The van der Waals surface area contributed by atoms with Crippen LogP contribution in [0.2, 0.25) is 0 Å². The van der Waals surface area contributed by atoms with E-state index in [4.69, 9.17) is 0 Å². The molecule has 2 aromatic rings. The Balaban J connectivity index is 1.49. The Hall–Kier alpha value is -2.29. The monoisotopic (exact) mass is 388 g/mol. The molecule has 144 valence electrons. The van der Waals surface area contributed by atoms with Gasteiger partial charge in [0.05, 0.1) is 6.26 Å². The number of amides is 1. The number of piperazine rings is 1. The van der Waals surface area contributed by atoms with Crippen LogP contribution in [0.4, 0.5) is 0 Å². The lowest BCUT2D eigenvalue weighted by atomic mass is 10.1. The maximum atomic E-state index is 12.2. The molecule has 8 heteroatoms. The fourth-order valence-corrected chi connectivity index (χ4v) is 3.85. The highest BCUT2D eigenvalue weighted by atomic mass is 32.2. The molecule has 0 radical (unpaired) electrons. The summed E-state index contributed by atoms with van der Waals surface area (Å²) >= 11 is 0. The largest absolute Gasteiger partial charge is 0.348 e. The molecule has 0 aliphatic carbocycles. The van der Waals surface area contributed by atoms with E-state index in [1.807, 2.05) is 36.4 Å². The third-order valence-electron chi connectivity index (χ3n) is 4.63. The van der Waals surface area contributed by atoms with Gasteiger partial charge in [0.1, 0.15) is 0 Å². The van der Waals surface area contributed by atoms with E-state index < -0.39 is 10.0 Å². The summed E-state index contributed by atoms with van der Waals surface area (Å²) in [5.74, 6) is -0.111. The Morgan fingerprint density at radius 2 is 1.63 bits per heavy atom. The molecule has 27 heavy (non-hydrogen) atoms. The Morgan fingerprint density at radius 1 is 1.00 bits per heavy atom. The van der Waals surface area contributed by atoms with E-state index in [2.05, 4.69) is 15.2 Å². The highest BCUT2D eigenvalue weighted by Gasteiger charge is 2.23. The van der Waals surface area contributed by atoms with Crippen LogP contribution in [-0.2, 0) is 23.1 Å². The second-order valence-corrected chi connectivity index (χ2v) is 8.66. The number of hydrogen-bond acceptors (Lipinski definition) is 5. The number of carbonyl (C=O) groups excluding carboxylic acids is 1. The van der Waals surface area contributed by atoms with Crippen LogP contribution in [0.15, 0.2) is 48.8 Å². The minimum atomic E-state index is -3.10. The molecule has 1 aliphatic rings. The molecule has 7 nitrogen and oxygen atoms in total. The summed E-state index contributed by atoms with van der Waals surface area (Å²) in [7, 11) is -3.10. The molecule has 1 saturated heterocycles. The molecule has 1 aromatic carbocycles. The fourth-order valence-electron chi connectivity index (χ4n) is 3.02. The summed E-state index contributed by atoms with van der Waals surface area (Å²) in [4.78, 5) is 18.4. The second kappa shape index (κ2) is 8.60. The first-order valence-corrected chi connectivity index (χ1v) is 10.7. The molecule has 0 bridgehead atoms. The van der Waals surface area contributed by atoms with Crippen molar-refractivity contribution in [3.63, 3.8) is 0 Å². The fraction of sp³-hybridized carbons (Fsp3) is 0.368. The van der Waals surface area contributed by atoms with Crippen LogP contribution in [0.3, 0.4) is 0 Å². The molecule has 0 saturated carbocycles. The quantitative estimate of drug-likeness (QED) is 0.801. The van der Waals surface area contributed by atoms with Gasteiger partial charge in [0, 0.05) is 57.2 Å². The van der Waals surface area contributed by atoms with Gasteiger partial charge in [-0.15, -0.1) is 0 Å². The highest BCUT2D eigenvalue weighted by Crippen LogP contribution is 2.12. The van der Waals surface area contributed by atoms with E-state index >= 15 is 0 Å². The summed E-state index contributed by atoms with van der Waals surface area (Å²) in [6, 6.07) is 11.3. The third-order valence-corrected chi connectivity index (χ3v) is 5.93. The number of hydrogen-bond donors (Lipinski definition) is 1. The van der Waals surface area contributed by atoms with Gasteiger partial charge in [-0.2, -0.15) is 4.31 Å². The number of rotatable bonds is 6. The van der Waals surface area contributed by atoms with Crippen molar-refractivity contribution in [1.82, 2.24) is 19.5 Å². The first-order chi connectivity index (χ1) is 12.9. The Labute approximate surface area is 160 Å². The zero-order valence-corrected chi connectivity index (χ0v) is 16.2. The second-order valence-electron chi connectivity index (χ2n) is 6.67. The number of nitrogens with one attached hydrogen (secondary N) is 1. The molecule has 1 aliphatic heterocycles. The highest BCUT2D eigenvalue weighted by molar-refractivity contribution is 7.88. The average Bonchev–Trinajstić information content (AvgIpc) is 2.67. The summed E-state index contributed by atoms with van der Waals surface area (Å²) in [6.45, 7) is 3.68. The number of benzene rings is 1. The molecule has 1 fully saturated rings. The van der Waals surface area contributed by atoms with Gasteiger partial charge in [0.15, 0.2) is 0 Å². The molecular weight excluding hydrogens is 364 g/mol. The first-order valence-electron chi connectivity index (χ1n) is 8.85. The van der Waals surface area contributed by atoms with Crippen molar-refractivity contribution in [2.75, 3.05) is 32.4 Å². The van der Waals surface area contributed by atoms with Gasteiger partial charge < -0.3 is 5.32 Å². The van der Waals surface area contributed by atoms with E-state index in [-0.39, 0.29) is 5.91 Å². The van der Waals surface area contributed by atoms with Crippen molar-refractivity contribution in [1.29, 1.82) is 0 Å². The Morgan fingerprint density at radius 3 is 2.22 bits per heavy atom. The van der Waals surface area contributed by atoms with Gasteiger partial charge in [-0.05, 0) is 35.4 Å². The molecule has 1 amide bonds. The topological polar surface area (TPSA) is 82.6 Å². The number of aromatic nitrogens is 1. The smallest absolute Gasteiger partial charge is 0.251 e. The molecule has 1 aromatic heterocycles. The van der Waals surface area contributed by atoms with Crippen molar-refractivity contribution >= 4 is 15.9 Å². The summed E-state index contributed by atoms with van der Waals surface area (Å²) in [6.07, 6.45) is 4.65. The van der Waals surface area contributed by atoms with E-state index in [0.29, 0.717) is 38.3 Å². The molecule has 0 unspecified atom stereocenters. The number of nitrogens with zero attached hydrogens (tertiary/aromatic N) is 3. The van der Waals surface area contributed by atoms with E-state index in [1.165, 1.54) is 10.6 Å². The Kier molecular flexibility index (Phi) is 6.20. The van der Waals surface area contributed by atoms with Crippen LogP contribution in [0.25, 0.3) is 0 Å². The standard InChI is InChI=1S/C19H24N4O3S/c1-27(25,26)23-12-10-22(11-13-23)15-17-2-4-18(5-3-17)19(24)21-14-16-6-8-20-9-7-16/h2-9H,10-15H2,1H3,(H,21,24). The maximum Gasteiger partial charge on any atom is 0.251 e. The van der Waals surface area contributed by atoms with Crippen LogP contribution in [-0.4, -0.2) is 60.9 Å². The van der Waals surface area contributed by atoms with Crippen molar-refractivity contribution in [2.45, 2.75) is 13.1 Å². The van der Waals surface area contributed by atoms with E-state index in [1.54, 1.807) is 12.4 Å². The van der Waals surface area contributed by atoms with Gasteiger partial charge in [0.25, 0.3) is 5.91 Å². The van der Waals surface area contributed by atoms with Gasteiger partial charge in [0.2, 0.25) is 10.0 Å². The van der Waals surface area contributed by atoms with Crippen molar-refractivity contribution in [3.8, 4) is 0 Å². The SMILES string of the molecule is CS(=O)(=O)N1CCN(Cc2ccc(C(=O)NCc3ccncc3)cc2)CC1. The number of carbonyl (C=O) groups is 1. The third kappa shape index (κ3) is 5.59. The van der Waals surface area contributed by atoms with Crippen molar-refractivity contribution in [2.24, 2.45) is 0 Å². The van der Waals surface area contributed by atoms with Gasteiger partial charge >= 0.3 is 0 Å². The molecule has 2 heterocycles. The average molecular weight is 388 g/mol. The lowest BCUT2D eigenvalue weighted by molar-refractivity contribution is 0.0951. The van der Waals surface area contributed by atoms with Crippen molar-refractivity contribution < 1.29 is 13.2 Å². The molecule has 0 atom stereocenters. The maximum absolute atomic E-state index is 12.2. The zero-order chi connectivity index (χ0) is 19.3. The summed E-state index contributed by atoms with van der Waals surface area (Å²) in [5.41, 5.74) is 2.73. The van der Waals surface area contributed by atoms with Gasteiger partial charge in [-0.3, -0.25) is 14.7 Å². The lowest BCUT2D eigenvalue weighted by Crippen LogP contribution is -2.47. The number of pyridine rings is 1. The van der Waals surface area contributed by atoms with E-state index in [0.717, 1.165) is 17.7 Å². The normalized spacial score (nSPS) is 16.2. The van der Waals surface area contributed by atoms with Gasteiger partial charge in [-0.1, -0.05) is 12.1 Å². The van der Waals surface area contributed by atoms with E-state index in [9.17, 15) is 13.2 Å². The van der Waals surface area contributed by atoms with Gasteiger partial charge in [-0.25, -0.2) is 8.42 Å². The molecule has 0 spiro atoms. The minimum absolute atomic E-state index is 0.111. The van der Waals surface area contributed by atoms with Crippen LogP contribution < -0.4 is 5.32 Å². The minimum Gasteiger partial charge on any atom is -0.348 e. The molecular formula is C19H24N4O3S. The van der Waals surface area contributed by atoms with Crippen LogP contribution in [0.5, 0.6) is 0 Å².